The highest BCUT2D eigenvalue weighted by molar-refractivity contribution is 6.05. The number of nitrogens with one attached hydrogen (secondary N) is 1. The van der Waals surface area contributed by atoms with Gasteiger partial charge in [-0.3, -0.25) is 14.9 Å². The van der Waals surface area contributed by atoms with Gasteiger partial charge >= 0.3 is 0 Å². The topological polar surface area (TPSA) is 102 Å². The van der Waals surface area contributed by atoms with Crippen molar-refractivity contribution in [2.75, 3.05) is 23.3 Å². The van der Waals surface area contributed by atoms with Gasteiger partial charge in [-0.15, -0.1) is 0 Å². The minimum Gasteiger partial charge on any atom is -0.440 e. The third-order valence-corrected chi connectivity index (χ3v) is 6.60. The zero-order valence-corrected chi connectivity index (χ0v) is 20.2. The van der Waals surface area contributed by atoms with Gasteiger partial charge in [0.15, 0.2) is 11.5 Å². The molecule has 0 bridgehead atoms. The van der Waals surface area contributed by atoms with Crippen molar-refractivity contribution in [3.8, 4) is 0 Å². The second-order valence-corrected chi connectivity index (χ2v) is 9.10. The van der Waals surface area contributed by atoms with Crippen LogP contribution in [-0.2, 0) is 12.8 Å². The number of fused-ring (bicyclic) bond motifs is 1. The number of benzene rings is 3. The van der Waals surface area contributed by atoms with Gasteiger partial charge in [0.05, 0.1) is 4.92 Å². The van der Waals surface area contributed by atoms with Crippen molar-refractivity contribution in [2.45, 2.75) is 39.0 Å². The Morgan fingerprint density at radius 3 is 2.50 bits per heavy atom. The molecule has 1 aromatic heterocycles. The first-order valence-corrected chi connectivity index (χ1v) is 12.3. The van der Waals surface area contributed by atoms with Crippen LogP contribution in [0.3, 0.4) is 0 Å². The Hall–Kier alpha value is -4.20. The second-order valence-electron chi connectivity index (χ2n) is 9.10. The molecule has 0 saturated carbocycles. The molecule has 1 amide bonds. The second kappa shape index (κ2) is 10.2. The number of hydrogen-bond donors (Lipinski definition) is 1. The number of hydrogen-bond acceptors (Lipinski definition) is 6. The number of aryl methyl sites for hydroxylation is 1. The van der Waals surface area contributed by atoms with Gasteiger partial charge in [0.1, 0.15) is 11.2 Å². The van der Waals surface area contributed by atoms with Crippen molar-refractivity contribution < 1.29 is 14.1 Å². The van der Waals surface area contributed by atoms with Gasteiger partial charge in [-0.25, -0.2) is 4.98 Å². The van der Waals surface area contributed by atoms with Crippen LogP contribution in [0.1, 0.15) is 53.6 Å². The van der Waals surface area contributed by atoms with E-state index >= 15 is 0 Å². The Bertz CT molecular complexity index is 1410. The summed E-state index contributed by atoms with van der Waals surface area (Å²) in [6, 6.07) is 18.2. The molecule has 0 unspecified atom stereocenters. The molecule has 0 radical (unpaired) electrons. The number of rotatable bonds is 7. The highest BCUT2D eigenvalue weighted by Crippen LogP contribution is 2.31. The zero-order valence-electron chi connectivity index (χ0n) is 20.2. The number of nitrogens with zero attached hydrogens (tertiary/aromatic N) is 3. The van der Waals surface area contributed by atoms with Crippen LogP contribution in [0.25, 0.3) is 11.1 Å². The lowest BCUT2D eigenvalue weighted by atomic mass is 10.1. The van der Waals surface area contributed by atoms with E-state index < -0.39 is 4.92 Å². The van der Waals surface area contributed by atoms with E-state index in [1.165, 1.54) is 11.6 Å². The number of carbonyl (C=O) groups excluding carboxylic acids is 1. The molecule has 5 rings (SSSR count). The van der Waals surface area contributed by atoms with Gasteiger partial charge in [0, 0.05) is 36.8 Å². The van der Waals surface area contributed by atoms with Crippen LogP contribution < -0.4 is 10.2 Å². The maximum absolute atomic E-state index is 12.8. The van der Waals surface area contributed by atoms with Crippen molar-refractivity contribution in [3.63, 3.8) is 0 Å². The Balaban J connectivity index is 1.27. The van der Waals surface area contributed by atoms with Crippen LogP contribution in [0.4, 0.5) is 17.1 Å². The molecule has 0 atom stereocenters. The Morgan fingerprint density at radius 1 is 1.03 bits per heavy atom. The molecule has 2 heterocycles. The van der Waals surface area contributed by atoms with Crippen LogP contribution in [0.15, 0.2) is 65.1 Å². The SMILES string of the molecule is CCc1ccc2oc(Cc3ccc(NC(=O)c4ccc(N5CCCCC5)c([N+](=O)[O-])c4)cc3)nc2c1. The largest absolute Gasteiger partial charge is 0.440 e. The molecule has 8 heteroatoms. The van der Waals surface area contributed by atoms with Crippen LogP contribution >= 0.6 is 0 Å². The monoisotopic (exact) mass is 484 g/mol. The van der Waals surface area contributed by atoms with Crippen molar-refractivity contribution in [1.82, 2.24) is 4.98 Å². The third kappa shape index (κ3) is 5.07. The molecule has 1 fully saturated rings. The minimum atomic E-state index is -0.412. The minimum absolute atomic E-state index is 0.0377. The van der Waals surface area contributed by atoms with E-state index in [4.69, 9.17) is 4.42 Å². The summed E-state index contributed by atoms with van der Waals surface area (Å²) in [4.78, 5) is 30.8. The van der Waals surface area contributed by atoms with E-state index in [9.17, 15) is 14.9 Å². The van der Waals surface area contributed by atoms with Crippen LogP contribution in [0.2, 0.25) is 0 Å². The maximum atomic E-state index is 12.8. The molecule has 36 heavy (non-hydrogen) atoms. The van der Waals surface area contributed by atoms with E-state index in [0.29, 0.717) is 23.7 Å². The van der Waals surface area contributed by atoms with E-state index in [1.807, 2.05) is 47.4 Å². The molecule has 184 valence electrons. The lowest BCUT2D eigenvalue weighted by Crippen LogP contribution is -2.30. The van der Waals surface area contributed by atoms with E-state index in [2.05, 4.69) is 17.2 Å². The van der Waals surface area contributed by atoms with Gasteiger partial charge in [0.25, 0.3) is 11.6 Å². The molecule has 1 saturated heterocycles. The fourth-order valence-corrected chi connectivity index (χ4v) is 4.61. The summed E-state index contributed by atoms with van der Waals surface area (Å²) < 4.78 is 5.87. The molecular weight excluding hydrogens is 456 g/mol. The van der Waals surface area contributed by atoms with Crippen molar-refractivity contribution in [3.05, 3.63) is 93.4 Å². The maximum Gasteiger partial charge on any atom is 0.293 e. The number of aromatic nitrogens is 1. The Kier molecular flexibility index (Phi) is 6.66. The Labute approximate surface area is 209 Å². The van der Waals surface area contributed by atoms with Gasteiger partial charge < -0.3 is 14.6 Å². The van der Waals surface area contributed by atoms with Gasteiger partial charge in [-0.1, -0.05) is 25.1 Å². The third-order valence-electron chi connectivity index (χ3n) is 6.60. The van der Waals surface area contributed by atoms with Gasteiger partial charge in [-0.05, 0) is 73.2 Å². The van der Waals surface area contributed by atoms with Crippen molar-refractivity contribution in [1.29, 1.82) is 0 Å². The van der Waals surface area contributed by atoms with E-state index in [1.54, 1.807) is 12.1 Å². The molecule has 8 nitrogen and oxygen atoms in total. The predicted molar refractivity (Wildman–Crippen MR) is 140 cm³/mol. The van der Waals surface area contributed by atoms with Gasteiger partial charge in [0.2, 0.25) is 0 Å². The fraction of sp³-hybridized carbons (Fsp3) is 0.286. The molecule has 1 aliphatic heterocycles. The molecule has 0 spiro atoms. The van der Waals surface area contributed by atoms with Crippen molar-refractivity contribution in [2.24, 2.45) is 0 Å². The highest BCUT2D eigenvalue weighted by atomic mass is 16.6. The molecule has 1 aliphatic rings. The summed E-state index contributed by atoms with van der Waals surface area (Å²) in [5.41, 5.74) is 5.24. The van der Waals surface area contributed by atoms with Crippen molar-refractivity contribution >= 4 is 34.1 Å². The normalized spacial score (nSPS) is 13.6. The lowest BCUT2D eigenvalue weighted by molar-refractivity contribution is -0.384. The molecule has 1 N–H and O–H groups in total. The standard InChI is InChI=1S/C28H28N4O4/c1-2-19-8-13-26-23(16-19)30-27(36-26)17-20-6-10-22(11-7-20)29-28(33)21-9-12-24(25(18-21)32(34)35)31-14-4-3-5-15-31/h6-13,16,18H,2-5,14-15,17H2,1H3,(H,29,33). The first kappa shape index (κ1) is 23.5. The molecule has 0 aliphatic carbocycles. The zero-order chi connectivity index (χ0) is 25.1. The van der Waals surface area contributed by atoms with E-state index in [0.717, 1.165) is 55.4 Å². The molecule has 4 aromatic rings. The number of oxazole rings is 1. The number of nitro groups is 1. The number of anilines is 2. The van der Waals surface area contributed by atoms with Crippen LogP contribution in [0, 0.1) is 10.1 Å². The number of carbonyl (C=O) groups is 1. The summed E-state index contributed by atoms with van der Waals surface area (Å²) in [6.07, 6.45) is 4.65. The first-order chi connectivity index (χ1) is 17.5. The van der Waals surface area contributed by atoms with E-state index in [-0.39, 0.29) is 17.2 Å². The average molecular weight is 485 g/mol. The summed E-state index contributed by atoms with van der Waals surface area (Å²) >= 11 is 0. The highest BCUT2D eigenvalue weighted by Gasteiger charge is 2.23. The average Bonchev–Trinajstić information content (AvgIpc) is 3.31. The van der Waals surface area contributed by atoms with Crippen LogP contribution in [-0.4, -0.2) is 28.9 Å². The molecule has 3 aromatic carbocycles. The summed E-state index contributed by atoms with van der Waals surface area (Å²) in [5.74, 6) is 0.248. The number of piperidine rings is 1. The fourth-order valence-electron chi connectivity index (χ4n) is 4.61. The summed E-state index contributed by atoms with van der Waals surface area (Å²) in [6.45, 7) is 3.69. The smallest absolute Gasteiger partial charge is 0.293 e. The Morgan fingerprint density at radius 2 is 1.78 bits per heavy atom. The predicted octanol–water partition coefficient (Wildman–Crippen LogP) is 6.13. The summed E-state index contributed by atoms with van der Waals surface area (Å²) in [7, 11) is 0. The molecular formula is C28H28N4O4. The van der Waals surface area contributed by atoms with Gasteiger partial charge in [-0.2, -0.15) is 0 Å². The van der Waals surface area contributed by atoms with Crippen LogP contribution in [0.5, 0.6) is 0 Å². The lowest BCUT2D eigenvalue weighted by Gasteiger charge is -2.28. The summed E-state index contributed by atoms with van der Waals surface area (Å²) in [5, 5.41) is 14.5. The quantitative estimate of drug-likeness (QED) is 0.250. The number of amides is 1. The first-order valence-electron chi connectivity index (χ1n) is 12.3. The number of nitro benzene ring substituents is 1.